The van der Waals surface area contributed by atoms with E-state index in [2.05, 4.69) is 32.7 Å². The Hall–Kier alpha value is -1.67. The molecule has 1 atom stereocenters. The molecule has 0 spiro atoms. The van der Waals surface area contributed by atoms with Gasteiger partial charge in [-0.05, 0) is 45.4 Å². The van der Waals surface area contributed by atoms with Crippen molar-refractivity contribution < 1.29 is 14.0 Å². The number of hydrogen-bond acceptors (Lipinski definition) is 6. The van der Waals surface area contributed by atoms with Gasteiger partial charge in [-0.2, -0.15) is 4.98 Å². The lowest BCUT2D eigenvalue weighted by Gasteiger charge is -2.29. The van der Waals surface area contributed by atoms with Gasteiger partial charge >= 0.3 is 0 Å². The summed E-state index contributed by atoms with van der Waals surface area (Å²) in [5.41, 5.74) is 0.302. The minimum absolute atomic E-state index is 0.175. The molecule has 0 radical (unpaired) electrons. The number of aliphatic imine (C=N–C) groups is 1. The smallest absolute Gasteiger partial charge is 0.248 e. The zero-order valence-electron chi connectivity index (χ0n) is 17.2. The summed E-state index contributed by atoms with van der Waals surface area (Å²) >= 11 is 0. The molecule has 1 heterocycles. The Morgan fingerprint density at radius 3 is 2.74 bits per heavy atom. The number of aromatic nitrogens is 2. The Morgan fingerprint density at radius 2 is 2.07 bits per heavy atom. The maximum absolute atomic E-state index is 5.49. The van der Waals surface area contributed by atoms with Gasteiger partial charge in [0.05, 0.1) is 0 Å². The van der Waals surface area contributed by atoms with Gasteiger partial charge in [-0.15, -0.1) is 0 Å². The third-order valence-corrected chi connectivity index (χ3v) is 5.11. The van der Waals surface area contributed by atoms with Crippen molar-refractivity contribution in [1.82, 2.24) is 20.8 Å². The van der Waals surface area contributed by atoms with Crippen molar-refractivity contribution in [3.05, 3.63) is 11.7 Å². The van der Waals surface area contributed by atoms with Crippen LogP contribution < -0.4 is 10.6 Å². The molecule has 154 valence electrons. The van der Waals surface area contributed by atoms with Crippen LogP contribution in [0.25, 0.3) is 0 Å². The quantitative estimate of drug-likeness (QED) is 0.450. The van der Waals surface area contributed by atoms with Crippen LogP contribution in [0.3, 0.4) is 0 Å². The van der Waals surface area contributed by atoms with E-state index in [0.29, 0.717) is 30.3 Å². The number of ether oxygens (including phenoxy) is 2. The molecule has 1 aromatic heterocycles. The number of nitrogens with zero attached hydrogens (tertiary/aromatic N) is 3. The first kappa shape index (κ1) is 21.6. The van der Waals surface area contributed by atoms with Crippen molar-refractivity contribution in [3.8, 4) is 0 Å². The molecule has 27 heavy (non-hydrogen) atoms. The van der Waals surface area contributed by atoms with Gasteiger partial charge in [-0.25, -0.2) is 4.99 Å². The van der Waals surface area contributed by atoms with Crippen molar-refractivity contribution in [3.63, 3.8) is 0 Å². The molecule has 0 aliphatic heterocycles. The predicted octanol–water partition coefficient (Wildman–Crippen LogP) is 2.82. The second-order valence-electron chi connectivity index (χ2n) is 7.14. The average molecular weight is 382 g/mol. The number of rotatable bonds is 11. The van der Waals surface area contributed by atoms with Crippen molar-refractivity contribution in [2.75, 3.05) is 33.4 Å². The van der Waals surface area contributed by atoms with Crippen LogP contribution in [0.4, 0.5) is 0 Å². The fourth-order valence-electron chi connectivity index (χ4n) is 3.54. The standard InChI is InChI=1S/C19H35N5O3/c1-5-20-18(22-14-19(11-12-25-4)9-7-8-10-19)21-13-16-23-17(24-27-16)15(3)26-6-2/h15H,5-14H2,1-4H3,(H2,20,21,22). The Balaban J connectivity index is 1.93. The fraction of sp³-hybridized carbons (Fsp3) is 0.842. The summed E-state index contributed by atoms with van der Waals surface area (Å²) < 4.78 is 16.1. The molecule has 1 saturated carbocycles. The number of guanidine groups is 1. The highest BCUT2D eigenvalue weighted by atomic mass is 16.5. The molecule has 1 aliphatic carbocycles. The number of methoxy groups -OCH3 is 1. The molecule has 0 amide bonds. The molecule has 2 rings (SSSR count). The van der Waals surface area contributed by atoms with Crippen molar-refractivity contribution in [2.45, 2.75) is 65.5 Å². The van der Waals surface area contributed by atoms with Gasteiger partial charge in [0.25, 0.3) is 0 Å². The van der Waals surface area contributed by atoms with Crippen molar-refractivity contribution >= 4 is 5.96 Å². The molecule has 1 fully saturated rings. The lowest BCUT2D eigenvalue weighted by molar-refractivity contribution is 0.0683. The van der Waals surface area contributed by atoms with Gasteiger partial charge < -0.3 is 24.6 Å². The van der Waals surface area contributed by atoms with E-state index < -0.39 is 0 Å². The lowest BCUT2D eigenvalue weighted by atomic mass is 9.83. The predicted molar refractivity (Wildman–Crippen MR) is 105 cm³/mol. The lowest BCUT2D eigenvalue weighted by Crippen LogP contribution is -2.43. The van der Waals surface area contributed by atoms with Crippen LogP contribution in [0.15, 0.2) is 9.52 Å². The molecular formula is C19H35N5O3. The summed E-state index contributed by atoms with van der Waals surface area (Å²) in [6.45, 7) is 9.37. The zero-order valence-corrected chi connectivity index (χ0v) is 17.2. The summed E-state index contributed by atoms with van der Waals surface area (Å²) in [5, 5.41) is 10.8. The fourth-order valence-corrected chi connectivity index (χ4v) is 3.54. The van der Waals surface area contributed by atoms with E-state index in [1.54, 1.807) is 7.11 Å². The normalized spacial score (nSPS) is 17.9. The van der Waals surface area contributed by atoms with Crippen LogP contribution >= 0.6 is 0 Å². The second-order valence-corrected chi connectivity index (χ2v) is 7.14. The first-order valence-electron chi connectivity index (χ1n) is 10.1. The molecule has 2 N–H and O–H groups in total. The molecular weight excluding hydrogens is 346 g/mol. The molecule has 8 nitrogen and oxygen atoms in total. The molecule has 8 heteroatoms. The molecule has 0 aromatic carbocycles. The molecule has 1 aromatic rings. The van der Waals surface area contributed by atoms with Crippen LogP contribution in [0.2, 0.25) is 0 Å². The van der Waals surface area contributed by atoms with E-state index in [0.717, 1.165) is 32.1 Å². The topological polar surface area (TPSA) is 93.8 Å². The van der Waals surface area contributed by atoms with Gasteiger partial charge in [-0.3, -0.25) is 0 Å². The SMILES string of the molecule is CCNC(=NCc1nc(C(C)OCC)no1)NCC1(CCOC)CCCC1. The highest BCUT2D eigenvalue weighted by Crippen LogP contribution is 2.40. The molecule has 1 unspecified atom stereocenters. The Kier molecular flexibility index (Phi) is 9.00. The van der Waals surface area contributed by atoms with E-state index in [9.17, 15) is 0 Å². The van der Waals surface area contributed by atoms with E-state index in [4.69, 9.17) is 14.0 Å². The second kappa shape index (κ2) is 11.2. The van der Waals surface area contributed by atoms with Gasteiger partial charge in [0.1, 0.15) is 12.6 Å². The highest BCUT2D eigenvalue weighted by molar-refractivity contribution is 5.79. The average Bonchev–Trinajstić information content (AvgIpc) is 3.33. The Morgan fingerprint density at radius 1 is 1.30 bits per heavy atom. The van der Waals surface area contributed by atoms with E-state index in [1.165, 1.54) is 25.7 Å². The van der Waals surface area contributed by atoms with Crippen molar-refractivity contribution in [2.24, 2.45) is 10.4 Å². The summed E-state index contributed by atoms with van der Waals surface area (Å²) in [5.74, 6) is 1.83. The Bertz CT molecular complexity index is 569. The van der Waals surface area contributed by atoms with Gasteiger partial charge in [0.2, 0.25) is 5.89 Å². The molecule has 1 aliphatic rings. The number of nitrogens with one attached hydrogen (secondary N) is 2. The van der Waals surface area contributed by atoms with E-state index in [-0.39, 0.29) is 6.10 Å². The highest BCUT2D eigenvalue weighted by Gasteiger charge is 2.33. The summed E-state index contributed by atoms with van der Waals surface area (Å²) in [4.78, 5) is 8.97. The molecule has 0 saturated heterocycles. The summed E-state index contributed by atoms with van der Waals surface area (Å²) in [6, 6.07) is 0. The summed E-state index contributed by atoms with van der Waals surface area (Å²) in [7, 11) is 1.77. The maximum Gasteiger partial charge on any atom is 0.248 e. The monoisotopic (exact) mass is 381 g/mol. The van der Waals surface area contributed by atoms with Crippen LogP contribution in [0.1, 0.15) is 70.7 Å². The van der Waals surface area contributed by atoms with Crippen LogP contribution in [-0.4, -0.2) is 49.5 Å². The van der Waals surface area contributed by atoms with Gasteiger partial charge in [-0.1, -0.05) is 18.0 Å². The minimum Gasteiger partial charge on any atom is -0.385 e. The minimum atomic E-state index is -0.175. The molecule has 0 bridgehead atoms. The van der Waals surface area contributed by atoms with Gasteiger partial charge in [0, 0.05) is 33.4 Å². The summed E-state index contributed by atoms with van der Waals surface area (Å²) in [6.07, 6.45) is 5.98. The van der Waals surface area contributed by atoms with Crippen LogP contribution in [0, 0.1) is 5.41 Å². The third kappa shape index (κ3) is 6.77. The van der Waals surface area contributed by atoms with Crippen LogP contribution in [0.5, 0.6) is 0 Å². The van der Waals surface area contributed by atoms with E-state index in [1.807, 2.05) is 13.8 Å². The first-order valence-corrected chi connectivity index (χ1v) is 10.1. The van der Waals surface area contributed by atoms with Crippen LogP contribution in [-0.2, 0) is 16.0 Å². The van der Waals surface area contributed by atoms with Gasteiger partial charge in [0.15, 0.2) is 11.8 Å². The van der Waals surface area contributed by atoms with Crippen molar-refractivity contribution in [1.29, 1.82) is 0 Å². The van der Waals surface area contributed by atoms with E-state index >= 15 is 0 Å². The largest absolute Gasteiger partial charge is 0.385 e. The third-order valence-electron chi connectivity index (χ3n) is 5.11. The zero-order chi connectivity index (χ0) is 19.5. The maximum atomic E-state index is 5.49. The number of hydrogen-bond donors (Lipinski definition) is 2. The Labute approximate surface area is 162 Å². The first-order chi connectivity index (χ1) is 13.1.